The Morgan fingerprint density at radius 3 is 2.43 bits per heavy atom. The highest BCUT2D eigenvalue weighted by Crippen LogP contribution is 2.37. The third-order valence-electron chi connectivity index (χ3n) is 2.29. The van der Waals surface area contributed by atoms with Gasteiger partial charge in [-0.3, -0.25) is 0 Å². The van der Waals surface area contributed by atoms with E-state index in [4.69, 9.17) is 32.7 Å². The summed E-state index contributed by atoms with van der Waals surface area (Å²) < 4.78 is 9.54. The summed E-state index contributed by atoms with van der Waals surface area (Å²) in [5.74, 6) is -0.476. The largest absolute Gasteiger partial charge is 0.504 e. The molecule has 0 aromatic heterocycles. The second kappa shape index (κ2) is 8.92. The topological polar surface area (TPSA) is 88.1 Å². The lowest BCUT2D eigenvalue weighted by atomic mass is 10.3. The Balaban J connectivity index is 3.12. The van der Waals surface area contributed by atoms with Gasteiger partial charge in [0.05, 0.1) is 5.02 Å². The Morgan fingerprint density at radius 1 is 1.22 bits per heavy atom. The van der Waals surface area contributed by atoms with Crippen LogP contribution in [0.3, 0.4) is 0 Å². The lowest BCUT2D eigenvalue weighted by molar-refractivity contribution is 0.144. The van der Waals surface area contributed by atoms with Gasteiger partial charge in [-0.2, -0.15) is 5.01 Å². The Hall–Kier alpha value is -2.38. The number of phenols is 1. The van der Waals surface area contributed by atoms with Crippen molar-refractivity contribution in [3.8, 4) is 5.75 Å². The van der Waals surface area contributed by atoms with E-state index in [9.17, 15) is 14.7 Å². The number of hydrogen-bond acceptors (Lipinski definition) is 5. The minimum absolute atomic E-state index is 0.0797. The predicted molar refractivity (Wildman–Crippen MR) is 86.8 cm³/mol. The molecule has 0 unspecified atom stereocenters. The van der Waals surface area contributed by atoms with E-state index in [1.165, 1.54) is 24.3 Å². The van der Waals surface area contributed by atoms with E-state index in [0.29, 0.717) is 5.01 Å². The van der Waals surface area contributed by atoms with Crippen LogP contribution in [0.25, 0.3) is 0 Å². The molecule has 0 aliphatic carbocycles. The molecular formula is C14H14Cl2N2O5. The number of amides is 2. The van der Waals surface area contributed by atoms with Gasteiger partial charge in [-0.15, -0.1) is 0 Å². The van der Waals surface area contributed by atoms with E-state index >= 15 is 0 Å². The molecule has 0 atom stereocenters. The molecule has 124 valence electrons. The first-order chi connectivity index (χ1) is 10.9. The summed E-state index contributed by atoms with van der Waals surface area (Å²) in [7, 11) is 0. The minimum Gasteiger partial charge on any atom is -0.504 e. The summed E-state index contributed by atoms with van der Waals surface area (Å²) in [5.41, 5.74) is 1.92. The molecule has 0 aliphatic heterocycles. The van der Waals surface area contributed by atoms with E-state index in [1.54, 1.807) is 0 Å². The van der Waals surface area contributed by atoms with Gasteiger partial charge in [0.1, 0.15) is 18.9 Å². The molecular weight excluding hydrogens is 347 g/mol. The van der Waals surface area contributed by atoms with Crippen LogP contribution in [0.4, 0.5) is 15.3 Å². The van der Waals surface area contributed by atoms with Crippen LogP contribution in [0.15, 0.2) is 37.4 Å². The maximum Gasteiger partial charge on any atom is 0.434 e. The van der Waals surface area contributed by atoms with Crippen molar-refractivity contribution in [2.45, 2.75) is 0 Å². The molecule has 0 fully saturated rings. The van der Waals surface area contributed by atoms with Crippen molar-refractivity contribution in [3.05, 3.63) is 47.5 Å². The summed E-state index contributed by atoms with van der Waals surface area (Å²) >= 11 is 11.7. The normalized spacial score (nSPS) is 9.65. The van der Waals surface area contributed by atoms with Gasteiger partial charge in [0, 0.05) is 5.02 Å². The highest BCUT2D eigenvalue weighted by atomic mass is 35.5. The number of rotatable bonds is 5. The Kier molecular flexibility index (Phi) is 7.24. The molecule has 0 spiro atoms. The monoisotopic (exact) mass is 360 g/mol. The van der Waals surface area contributed by atoms with Crippen LogP contribution in [-0.2, 0) is 9.47 Å². The van der Waals surface area contributed by atoms with Crippen LogP contribution in [0, 0.1) is 0 Å². The number of hydrogen-bond donors (Lipinski definition) is 2. The number of anilines is 1. The van der Waals surface area contributed by atoms with Gasteiger partial charge < -0.3 is 14.6 Å². The molecule has 0 saturated carbocycles. The third kappa shape index (κ3) is 5.39. The SMILES string of the molecule is C=CCOC(=O)NN(C(=O)OCC=C)c1cc(Cl)cc(Cl)c1O. The Bertz CT molecular complexity index is 621. The quantitative estimate of drug-likeness (QED) is 0.617. The van der Waals surface area contributed by atoms with Gasteiger partial charge >= 0.3 is 12.2 Å². The van der Waals surface area contributed by atoms with Crippen molar-refractivity contribution in [1.29, 1.82) is 0 Å². The van der Waals surface area contributed by atoms with Gasteiger partial charge in [0.25, 0.3) is 0 Å². The zero-order valence-electron chi connectivity index (χ0n) is 11.9. The van der Waals surface area contributed by atoms with Gasteiger partial charge in [-0.1, -0.05) is 48.5 Å². The molecule has 23 heavy (non-hydrogen) atoms. The first kappa shape index (κ1) is 18.7. The molecule has 9 heteroatoms. The van der Waals surface area contributed by atoms with Crippen LogP contribution >= 0.6 is 23.2 Å². The minimum atomic E-state index is -1.01. The molecule has 0 bridgehead atoms. The lowest BCUT2D eigenvalue weighted by Gasteiger charge is -2.23. The van der Waals surface area contributed by atoms with Crippen molar-refractivity contribution in [1.82, 2.24) is 5.43 Å². The third-order valence-corrected chi connectivity index (χ3v) is 2.80. The molecule has 0 aliphatic rings. The molecule has 1 rings (SSSR count). The van der Waals surface area contributed by atoms with Gasteiger partial charge in [0.2, 0.25) is 0 Å². The number of nitrogens with zero attached hydrogens (tertiary/aromatic N) is 1. The van der Waals surface area contributed by atoms with Crippen LogP contribution in [0.2, 0.25) is 10.0 Å². The molecule has 0 saturated heterocycles. The number of carbonyl (C=O) groups excluding carboxylic acids is 2. The fourth-order valence-corrected chi connectivity index (χ4v) is 1.86. The number of carbonyl (C=O) groups is 2. The number of nitrogens with one attached hydrogen (secondary N) is 1. The van der Waals surface area contributed by atoms with E-state index in [0.717, 1.165) is 0 Å². The van der Waals surface area contributed by atoms with Crippen molar-refractivity contribution in [2.24, 2.45) is 0 Å². The van der Waals surface area contributed by atoms with Gasteiger partial charge in [-0.05, 0) is 12.1 Å². The standard InChI is InChI=1S/C14H14Cl2N2O5/c1-3-5-22-13(20)17-18(14(21)23-6-4-2)11-8-9(15)7-10(16)12(11)19/h3-4,7-8,19H,1-2,5-6H2,(H,17,20). The van der Waals surface area contributed by atoms with Crippen LogP contribution < -0.4 is 10.4 Å². The summed E-state index contributed by atoms with van der Waals surface area (Å²) in [5, 5.41) is 10.6. The Morgan fingerprint density at radius 2 is 1.83 bits per heavy atom. The van der Waals surface area contributed by atoms with E-state index < -0.39 is 17.9 Å². The number of phenolic OH excluding ortho intramolecular Hbond substituents is 1. The predicted octanol–water partition coefficient (Wildman–Crippen LogP) is 3.66. The highest BCUT2D eigenvalue weighted by Gasteiger charge is 2.25. The number of hydrazine groups is 1. The first-order valence-corrected chi connectivity index (χ1v) is 6.96. The van der Waals surface area contributed by atoms with Gasteiger partial charge in [-0.25, -0.2) is 15.0 Å². The zero-order valence-corrected chi connectivity index (χ0v) is 13.4. The number of halogens is 2. The van der Waals surface area contributed by atoms with E-state index in [2.05, 4.69) is 18.6 Å². The lowest BCUT2D eigenvalue weighted by Crippen LogP contribution is -2.47. The van der Waals surface area contributed by atoms with Crippen molar-refractivity contribution in [2.75, 3.05) is 18.2 Å². The number of ether oxygens (including phenoxy) is 2. The maximum atomic E-state index is 12.1. The molecule has 2 amide bonds. The molecule has 0 heterocycles. The molecule has 2 N–H and O–H groups in total. The number of aromatic hydroxyl groups is 1. The second-order valence-electron chi connectivity index (χ2n) is 3.96. The summed E-state index contributed by atoms with van der Waals surface area (Å²) in [6.07, 6.45) is 0.690. The van der Waals surface area contributed by atoms with Crippen LogP contribution in [-0.4, -0.2) is 30.5 Å². The Labute approximate surface area is 142 Å². The van der Waals surface area contributed by atoms with E-state index in [-0.39, 0.29) is 28.9 Å². The highest BCUT2D eigenvalue weighted by molar-refractivity contribution is 6.36. The summed E-state index contributed by atoms with van der Waals surface area (Å²) in [6, 6.07) is 2.48. The summed E-state index contributed by atoms with van der Waals surface area (Å²) in [6.45, 7) is 6.59. The molecule has 0 radical (unpaired) electrons. The van der Waals surface area contributed by atoms with E-state index in [1.807, 2.05) is 0 Å². The van der Waals surface area contributed by atoms with Crippen LogP contribution in [0.5, 0.6) is 5.75 Å². The zero-order chi connectivity index (χ0) is 17.4. The summed E-state index contributed by atoms with van der Waals surface area (Å²) in [4.78, 5) is 23.7. The van der Waals surface area contributed by atoms with Crippen molar-refractivity contribution >= 4 is 41.1 Å². The van der Waals surface area contributed by atoms with Crippen molar-refractivity contribution < 1.29 is 24.2 Å². The van der Waals surface area contributed by atoms with Crippen LogP contribution in [0.1, 0.15) is 0 Å². The molecule has 1 aromatic carbocycles. The average molecular weight is 361 g/mol. The molecule has 1 aromatic rings. The first-order valence-electron chi connectivity index (χ1n) is 6.20. The maximum absolute atomic E-state index is 12.1. The number of benzene rings is 1. The average Bonchev–Trinajstić information content (AvgIpc) is 2.51. The molecule has 7 nitrogen and oxygen atoms in total. The van der Waals surface area contributed by atoms with Crippen molar-refractivity contribution in [3.63, 3.8) is 0 Å². The van der Waals surface area contributed by atoms with Gasteiger partial charge in [0.15, 0.2) is 5.75 Å². The fourth-order valence-electron chi connectivity index (χ4n) is 1.38. The second-order valence-corrected chi connectivity index (χ2v) is 4.80. The fraction of sp³-hybridized carbons (Fsp3) is 0.143. The smallest absolute Gasteiger partial charge is 0.434 e.